The van der Waals surface area contributed by atoms with Crippen molar-refractivity contribution in [3.05, 3.63) is 29.1 Å². The number of alkyl halides is 2. The van der Waals surface area contributed by atoms with Crippen LogP contribution in [0.25, 0.3) is 0 Å². The topological polar surface area (TPSA) is 59.1 Å². The molecule has 0 aliphatic carbocycles. The van der Waals surface area contributed by atoms with Gasteiger partial charge in [0.1, 0.15) is 0 Å². The molecule has 0 bridgehead atoms. The molecule has 1 heterocycles. The summed E-state index contributed by atoms with van der Waals surface area (Å²) in [7, 11) is 0. The molecule has 0 spiro atoms. The third kappa shape index (κ3) is 2.19. The third-order valence-corrected chi connectivity index (χ3v) is 1.66. The Labute approximate surface area is 74.2 Å². The van der Waals surface area contributed by atoms with Crippen molar-refractivity contribution >= 4 is 0 Å². The molecule has 0 saturated carbocycles. The van der Waals surface area contributed by atoms with Gasteiger partial charge in [-0.15, -0.1) is 0 Å². The number of halogens is 2. The van der Waals surface area contributed by atoms with Crippen LogP contribution in [-0.4, -0.2) is 10.1 Å². The molecule has 0 radical (unpaired) electrons. The number of nitrogens with zero attached hydrogens (tertiary/aromatic N) is 1. The van der Waals surface area contributed by atoms with E-state index in [2.05, 4.69) is 4.98 Å². The van der Waals surface area contributed by atoms with Crippen LogP contribution in [0.2, 0.25) is 0 Å². The summed E-state index contributed by atoms with van der Waals surface area (Å²) >= 11 is 0. The Morgan fingerprint density at radius 3 is 2.62 bits per heavy atom. The monoisotopic (exact) mass is 188 g/mol. The van der Waals surface area contributed by atoms with Crippen molar-refractivity contribution in [1.29, 1.82) is 0 Å². The van der Waals surface area contributed by atoms with E-state index in [1.807, 2.05) is 0 Å². The molecule has 0 aromatic carbocycles. The van der Waals surface area contributed by atoms with Crippen LogP contribution in [0, 0.1) is 0 Å². The predicted octanol–water partition coefficient (Wildman–Crippen LogP) is 0.970. The summed E-state index contributed by atoms with van der Waals surface area (Å²) in [5.74, 6) is 0. The van der Waals surface area contributed by atoms with E-state index in [1.165, 1.54) is 12.1 Å². The zero-order valence-electron chi connectivity index (χ0n) is 6.87. The van der Waals surface area contributed by atoms with Crippen molar-refractivity contribution in [3.8, 4) is 0 Å². The molecule has 72 valence electrons. The van der Waals surface area contributed by atoms with Gasteiger partial charge in [-0.05, 0) is 12.1 Å². The normalized spacial score (nSPS) is 10.8. The van der Waals surface area contributed by atoms with Crippen LogP contribution in [0.4, 0.5) is 8.78 Å². The molecule has 0 aliphatic heterocycles. The minimum absolute atomic E-state index is 0.0481. The first-order chi connectivity index (χ1) is 6.19. The summed E-state index contributed by atoms with van der Waals surface area (Å²) < 4.78 is 24.6. The molecule has 0 amide bonds. The summed E-state index contributed by atoms with van der Waals surface area (Å²) in [5.41, 5.74) is 5.56. The van der Waals surface area contributed by atoms with Crippen LogP contribution < -0.4 is 5.73 Å². The molecular formula is C8H10F2N2O. The van der Waals surface area contributed by atoms with E-state index in [0.717, 1.165) is 0 Å². The van der Waals surface area contributed by atoms with Crippen molar-refractivity contribution in [2.45, 2.75) is 19.6 Å². The molecule has 3 nitrogen and oxygen atoms in total. The highest BCUT2D eigenvalue weighted by atomic mass is 19.3. The molecule has 3 N–H and O–H groups in total. The highest BCUT2D eigenvalue weighted by Crippen LogP contribution is 2.21. The van der Waals surface area contributed by atoms with Crippen molar-refractivity contribution in [2.24, 2.45) is 5.73 Å². The number of aliphatic hydroxyl groups excluding tert-OH is 1. The molecule has 0 saturated heterocycles. The van der Waals surface area contributed by atoms with Gasteiger partial charge in [0.25, 0.3) is 6.43 Å². The second-order valence-electron chi connectivity index (χ2n) is 2.50. The van der Waals surface area contributed by atoms with Crippen LogP contribution in [0.15, 0.2) is 12.1 Å². The Hall–Kier alpha value is -1.07. The first-order valence-electron chi connectivity index (χ1n) is 3.76. The fourth-order valence-electron chi connectivity index (χ4n) is 1.01. The number of hydrogen-bond donors (Lipinski definition) is 2. The van der Waals surface area contributed by atoms with Gasteiger partial charge in [-0.1, -0.05) is 0 Å². The molecule has 0 unspecified atom stereocenters. The van der Waals surface area contributed by atoms with Crippen molar-refractivity contribution in [1.82, 2.24) is 4.98 Å². The molecule has 0 fully saturated rings. The number of rotatable bonds is 3. The van der Waals surface area contributed by atoms with E-state index in [9.17, 15) is 8.78 Å². The van der Waals surface area contributed by atoms with E-state index in [0.29, 0.717) is 5.69 Å². The first kappa shape index (κ1) is 10.0. The molecule has 0 atom stereocenters. The summed E-state index contributed by atoms with van der Waals surface area (Å²) in [6.45, 7) is -0.315. The number of hydrogen-bond acceptors (Lipinski definition) is 3. The first-order valence-corrected chi connectivity index (χ1v) is 3.76. The number of nitrogens with two attached hydrogens (primary N) is 1. The third-order valence-electron chi connectivity index (χ3n) is 1.66. The summed E-state index contributed by atoms with van der Waals surface area (Å²) in [4.78, 5) is 3.78. The van der Waals surface area contributed by atoms with Gasteiger partial charge in [0.2, 0.25) is 0 Å². The number of pyridine rings is 1. The largest absolute Gasteiger partial charge is 0.390 e. The van der Waals surface area contributed by atoms with Crippen LogP contribution in [0.5, 0.6) is 0 Å². The Morgan fingerprint density at radius 2 is 2.15 bits per heavy atom. The minimum atomic E-state index is -2.57. The SMILES string of the molecule is NCc1nc(CO)ccc1C(F)F. The van der Waals surface area contributed by atoms with E-state index in [1.54, 1.807) is 0 Å². The smallest absolute Gasteiger partial charge is 0.265 e. The van der Waals surface area contributed by atoms with Gasteiger partial charge in [-0.2, -0.15) is 0 Å². The Kier molecular flexibility index (Phi) is 3.27. The standard InChI is InChI=1S/C8H10F2N2O/c9-8(10)6-2-1-5(4-13)12-7(6)3-11/h1-2,8,13H,3-4,11H2. The maximum atomic E-state index is 12.3. The van der Waals surface area contributed by atoms with Crippen LogP contribution in [-0.2, 0) is 13.2 Å². The number of aliphatic hydroxyl groups is 1. The second kappa shape index (κ2) is 4.25. The fraction of sp³-hybridized carbons (Fsp3) is 0.375. The Balaban J connectivity index is 3.08. The fourth-order valence-corrected chi connectivity index (χ4v) is 1.01. The summed E-state index contributed by atoms with van der Waals surface area (Å²) in [5, 5.41) is 8.70. The average molecular weight is 188 g/mol. The predicted molar refractivity (Wildman–Crippen MR) is 43.0 cm³/mol. The minimum Gasteiger partial charge on any atom is -0.390 e. The van der Waals surface area contributed by atoms with Crippen LogP contribution in [0.3, 0.4) is 0 Å². The Bertz CT molecular complexity index is 291. The lowest BCUT2D eigenvalue weighted by molar-refractivity contribution is 0.149. The lowest BCUT2D eigenvalue weighted by Gasteiger charge is -2.06. The van der Waals surface area contributed by atoms with Crippen molar-refractivity contribution in [3.63, 3.8) is 0 Å². The zero-order valence-corrected chi connectivity index (χ0v) is 6.87. The highest BCUT2D eigenvalue weighted by Gasteiger charge is 2.13. The average Bonchev–Trinajstić information content (AvgIpc) is 2.16. The molecule has 5 heteroatoms. The van der Waals surface area contributed by atoms with Gasteiger partial charge in [0.05, 0.1) is 18.0 Å². The van der Waals surface area contributed by atoms with Gasteiger partial charge >= 0.3 is 0 Å². The lowest BCUT2D eigenvalue weighted by Crippen LogP contribution is -2.07. The lowest BCUT2D eigenvalue weighted by atomic mass is 10.2. The Morgan fingerprint density at radius 1 is 1.46 bits per heavy atom. The van der Waals surface area contributed by atoms with Gasteiger partial charge in [0, 0.05) is 12.1 Å². The molecule has 13 heavy (non-hydrogen) atoms. The van der Waals surface area contributed by atoms with Gasteiger partial charge in [-0.25, -0.2) is 8.78 Å². The van der Waals surface area contributed by atoms with Gasteiger partial charge in [-0.3, -0.25) is 4.98 Å². The zero-order chi connectivity index (χ0) is 9.84. The van der Waals surface area contributed by atoms with E-state index in [4.69, 9.17) is 10.8 Å². The van der Waals surface area contributed by atoms with Crippen molar-refractivity contribution in [2.75, 3.05) is 0 Å². The second-order valence-corrected chi connectivity index (χ2v) is 2.50. The molecule has 0 aliphatic rings. The highest BCUT2D eigenvalue weighted by molar-refractivity contribution is 5.23. The maximum absolute atomic E-state index is 12.3. The summed E-state index contributed by atoms with van der Waals surface area (Å²) in [6, 6.07) is 2.60. The summed E-state index contributed by atoms with van der Waals surface area (Å²) in [6.07, 6.45) is -2.57. The van der Waals surface area contributed by atoms with Gasteiger partial charge in [0.15, 0.2) is 0 Å². The molecular weight excluding hydrogens is 178 g/mol. The maximum Gasteiger partial charge on any atom is 0.265 e. The molecule has 1 aromatic heterocycles. The van der Waals surface area contributed by atoms with E-state index in [-0.39, 0.29) is 24.4 Å². The van der Waals surface area contributed by atoms with E-state index < -0.39 is 6.43 Å². The molecule has 1 rings (SSSR count). The van der Waals surface area contributed by atoms with Crippen LogP contribution in [0.1, 0.15) is 23.4 Å². The van der Waals surface area contributed by atoms with E-state index >= 15 is 0 Å². The van der Waals surface area contributed by atoms with Gasteiger partial charge < -0.3 is 10.8 Å². The van der Waals surface area contributed by atoms with Crippen LogP contribution >= 0.6 is 0 Å². The van der Waals surface area contributed by atoms with Crippen molar-refractivity contribution < 1.29 is 13.9 Å². The quantitative estimate of drug-likeness (QED) is 0.743. The number of aromatic nitrogens is 1. The molecule has 1 aromatic rings.